The fraction of sp³-hybridized carbons (Fsp3) is 0.450. The van der Waals surface area contributed by atoms with Crippen LogP contribution in [0.3, 0.4) is 0 Å². The van der Waals surface area contributed by atoms with Crippen molar-refractivity contribution in [3.63, 3.8) is 0 Å². The molecule has 7 nitrogen and oxygen atoms in total. The number of hydrogen-bond acceptors (Lipinski definition) is 6. The van der Waals surface area contributed by atoms with E-state index in [4.69, 9.17) is 10.5 Å². The van der Waals surface area contributed by atoms with Crippen molar-refractivity contribution in [2.24, 2.45) is 5.92 Å². The summed E-state index contributed by atoms with van der Waals surface area (Å²) in [6, 6.07) is 9.15. The number of nitrogens with zero attached hydrogens (tertiary/aromatic N) is 3. The Morgan fingerprint density at radius 2 is 2.00 bits per heavy atom. The molecule has 3 rings (SSSR count). The Balaban J connectivity index is 1.72. The molecule has 1 aromatic carbocycles. The highest BCUT2D eigenvalue weighted by Crippen LogP contribution is 2.22. The van der Waals surface area contributed by atoms with Gasteiger partial charge in [-0.15, -0.1) is 0 Å². The lowest BCUT2D eigenvalue weighted by molar-refractivity contribution is 0.0945. The Morgan fingerprint density at radius 1 is 1.26 bits per heavy atom. The highest BCUT2D eigenvalue weighted by atomic mass is 16.5. The van der Waals surface area contributed by atoms with Crippen LogP contribution in [0.4, 0.5) is 11.8 Å². The predicted octanol–water partition coefficient (Wildman–Crippen LogP) is 2.34. The van der Waals surface area contributed by atoms with Crippen LogP contribution in [0.15, 0.2) is 30.3 Å². The van der Waals surface area contributed by atoms with Gasteiger partial charge in [0.25, 0.3) is 5.91 Å². The zero-order valence-corrected chi connectivity index (χ0v) is 15.9. The molecule has 0 bridgehead atoms. The molecule has 0 saturated carbocycles. The average molecular weight is 369 g/mol. The number of aromatic nitrogens is 2. The van der Waals surface area contributed by atoms with Crippen molar-refractivity contribution < 1.29 is 9.53 Å². The fourth-order valence-electron chi connectivity index (χ4n) is 3.12. The van der Waals surface area contributed by atoms with Gasteiger partial charge in [-0.25, -0.2) is 4.98 Å². The second-order valence-electron chi connectivity index (χ2n) is 6.67. The highest BCUT2D eigenvalue weighted by molar-refractivity contribution is 5.94. The molecule has 1 fully saturated rings. The summed E-state index contributed by atoms with van der Waals surface area (Å²) in [4.78, 5) is 23.3. The number of nitrogen functional groups attached to an aromatic ring is 1. The van der Waals surface area contributed by atoms with Gasteiger partial charge in [0.2, 0.25) is 5.95 Å². The standard InChI is InChI=1S/C20H27N5O2/c1-3-25(4-2)20-23-17(11-18(21)24-20)15-5-7-16(8-6-15)19(26)22-12-14-9-10-27-13-14/h5-8,11,14H,3-4,9-10,12-13H2,1-2H3,(H,22,26)(H2,21,23,24). The van der Waals surface area contributed by atoms with Crippen LogP contribution < -0.4 is 16.0 Å². The van der Waals surface area contributed by atoms with Gasteiger partial charge < -0.3 is 20.7 Å². The average Bonchev–Trinajstić information content (AvgIpc) is 3.20. The van der Waals surface area contributed by atoms with E-state index in [2.05, 4.69) is 34.0 Å². The Morgan fingerprint density at radius 3 is 2.63 bits per heavy atom. The molecule has 2 aromatic rings. The van der Waals surface area contributed by atoms with E-state index in [0.29, 0.717) is 29.8 Å². The molecule has 144 valence electrons. The van der Waals surface area contributed by atoms with Crippen LogP contribution in [0.1, 0.15) is 30.6 Å². The topological polar surface area (TPSA) is 93.4 Å². The third-order valence-electron chi connectivity index (χ3n) is 4.80. The van der Waals surface area contributed by atoms with Gasteiger partial charge in [0, 0.05) is 49.4 Å². The molecular formula is C20H27N5O2. The lowest BCUT2D eigenvalue weighted by Gasteiger charge is -2.19. The predicted molar refractivity (Wildman–Crippen MR) is 107 cm³/mol. The number of nitrogens with two attached hydrogens (primary N) is 1. The maximum absolute atomic E-state index is 12.3. The summed E-state index contributed by atoms with van der Waals surface area (Å²) >= 11 is 0. The van der Waals surface area contributed by atoms with E-state index in [-0.39, 0.29) is 5.91 Å². The Bertz CT molecular complexity index is 768. The molecule has 1 aromatic heterocycles. The maximum atomic E-state index is 12.3. The lowest BCUT2D eigenvalue weighted by atomic mass is 10.1. The molecular weight excluding hydrogens is 342 g/mol. The second kappa shape index (κ2) is 8.81. The van der Waals surface area contributed by atoms with Gasteiger partial charge in [0.1, 0.15) is 5.82 Å². The number of ether oxygens (including phenoxy) is 1. The maximum Gasteiger partial charge on any atom is 0.251 e. The van der Waals surface area contributed by atoms with E-state index in [1.54, 1.807) is 6.07 Å². The molecule has 0 radical (unpaired) electrons. The van der Waals surface area contributed by atoms with Crippen molar-refractivity contribution in [3.05, 3.63) is 35.9 Å². The summed E-state index contributed by atoms with van der Waals surface area (Å²) in [5.74, 6) is 1.40. The Hall–Kier alpha value is -2.67. The molecule has 27 heavy (non-hydrogen) atoms. The number of hydrogen-bond donors (Lipinski definition) is 2. The van der Waals surface area contributed by atoms with Crippen LogP contribution in [0.5, 0.6) is 0 Å². The molecule has 0 spiro atoms. The molecule has 3 N–H and O–H groups in total. The number of anilines is 2. The first-order valence-electron chi connectivity index (χ1n) is 9.46. The zero-order chi connectivity index (χ0) is 19.2. The molecule has 1 unspecified atom stereocenters. The summed E-state index contributed by atoms with van der Waals surface area (Å²) in [6.07, 6.45) is 1.00. The number of carbonyl (C=O) groups is 1. The third-order valence-corrected chi connectivity index (χ3v) is 4.80. The molecule has 1 amide bonds. The summed E-state index contributed by atoms with van der Waals surface area (Å²) < 4.78 is 5.34. The van der Waals surface area contributed by atoms with Gasteiger partial charge >= 0.3 is 0 Å². The molecule has 7 heteroatoms. The van der Waals surface area contributed by atoms with E-state index in [9.17, 15) is 4.79 Å². The first kappa shape index (κ1) is 19.1. The number of nitrogens with one attached hydrogen (secondary N) is 1. The fourth-order valence-corrected chi connectivity index (χ4v) is 3.12. The van der Waals surface area contributed by atoms with Crippen LogP contribution in [-0.2, 0) is 4.74 Å². The highest BCUT2D eigenvalue weighted by Gasteiger charge is 2.17. The zero-order valence-electron chi connectivity index (χ0n) is 15.9. The second-order valence-corrected chi connectivity index (χ2v) is 6.67. The monoisotopic (exact) mass is 369 g/mol. The number of benzene rings is 1. The molecule has 1 aliphatic heterocycles. The summed E-state index contributed by atoms with van der Waals surface area (Å²) in [5.41, 5.74) is 8.25. The van der Waals surface area contributed by atoms with Gasteiger partial charge in [0.15, 0.2) is 0 Å². The van der Waals surface area contributed by atoms with Crippen LogP contribution in [0.2, 0.25) is 0 Å². The van der Waals surface area contributed by atoms with Crippen LogP contribution >= 0.6 is 0 Å². The first-order chi connectivity index (χ1) is 13.1. The minimum absolute atomic E-state index is 0.0699. The SMILES string of the molecule is CCN(CC)c1nc(N)cc(-c2ccc(C(=O)NCC3CCOC3)cc2)n1. The van der Waals surface area contributed by atoms with Gasteiger partial charge in [0.05, 0.1) is 12.3 Å². The van der Waals surface area contributed by atoms with E-state index < -0.39 is 0 Å². The van der Waals surface area contributed by atoms with Crippen LogP contribution in [-0.4, -0.2) is 48.7 Å². The minimum Gasteiger partial charge on any atom is -0.384 e. The molecule has 1 aliphatic rings. The van der Waals surface area contributed by atoms with Crippen molar-refractivity contribution in [1.29, 1.82) is 0 Å². The van der Waals surface area contributed by atoms with E-state index in [1.165, 1.54) is 0 Å². The van der Waals surface area contributed by atoms with Gasteiger partial charge in [-0.1, -0.05) is 12.1 Å². The number of amides is 1. The Kier molecular flexibility index (Phi) is 6.24. The minimum atomic E-state index is -0.0699. The van der Waals surface area contributed by atoms with Crippen LogP contribution in [0.25, 0.3) is 11.3 Å². The van der Waals surface area contributed by atoms with Crippen molar-refractivity contribution >= 4 is 17.7 Å². The van der Waals surface area contributed by atoms with E-state index >= 15 is 0 Å². The number of carbonyl (C=O) groups excluding carboxylic acids is 1. The Labute approximate surface area is 159 Å². The summed E-state index contributed by atoms with van der Waals surface area (Å²) in [5, 5.41) is 2.98. The number of rotatable bonds is 7. The van der Waals surface area contributed by atoms with E-state index in [0.717, 1.165) is 44.0 Å². The van der Waals surface area contributed by atoms with E-state index in [1.807, 2.05) is 24.3 Å². The van der Waals surface area contributed by atoms with Crippen LogP contribution in [0, 0.1) is 5.92 Å². The summed E-state index contributed by atoms with van der Waals surface area (Å²) in [6.45, 7) is 7.89. The van der Waals surface area contributed by atoms with Gasteiger partial charge in [-0.2, -0.15) is 4.98 Å². The molecule has 1 atom stereocenters. The van der Waals surface area contributed by atoms with Crippen molar-refractivity contribution in [2.75, 3.05) is 43.5 Å². The largest absolute Gasteiger partial charge is 0.384 e. The first-order valence-corrected chi connectivity index (χ1v) is 9.46. The summed E-state index contributed by atoms with van der Waals surface area (Å²) in [7, 11) is 0. The smallest absolute Gasteiger partial charge is 0.251 e. The normalized spacial score (nSPS) is 16.3. The van der Waals surface area contributed by atoms with Gasteiger partial charge in [-0.3, -0.25) is 4.79 Å². The molecule has 0 aliphatic carbocycles. The quantitative estimate of drug-likeness (QED) is 0.778. The molecule has 2 heterocycles. The van der Waals surface area contributed by atoms with Crippen molar-refractivity contribution in [3.8, 4) is 11.3 Å². The van der Waals surface area contributed by atoms with Crippen molar-refractivity contribution in [1.82, 2.24) is 15.3 Å². The lowest BCUT2D eigenvalue weighted by Crippen LogP contribution is -2.29. The third kappa shape index (κ3) is 4.74. The molecule has 1 saturated heterocycles. The van der Waals surface area contributed by atoms with Crippen molar-refractivity contribution in [2.45, 2.75) is 20.3 Å². The van der Waals surface area contributed by atoms with Gasteiger partial charge in [-0.05, 0) is 32.4 Å².